The van der Waals surface area contributed by atoms with Crippen LogP contribution in [0.4, 0.5) is 0 Å². The summed E-state index contributed by atoms with van der Waals surface area (Å²) < 4.78 is 17.7. The van der Waals surface area contributed by atoms with Gasteiger partial charge in [-0.15, -0.1) is 11.3 Å². The molecular weight excluding hydrogens is 426 g/mol. The lowest BCUT2D eigenvalue weighted by Crippen LogP contribution is -2.33. The summed E-state index contributed by atoms with van der Waals surface area (Å²) in [5.74, 6) is 0.860. The highest BCUT2D eigenvalue weighted by molar-refractivity contribution is 7.09. The van der Waals surface area contributed by atoms with Crippen LogP contribution in [0.1, 0.15) is 72.3 Å². The first kappa shape index (κ1) is 21.9. The van der Waals surface area contributed by atoms with Crippen LogP contribution in [0, 0.1) is 11.8 Å². The van der Waals surface area contributed by atoms with E-state index in [9.17, 15) is 9.90 Å². The number of esters is 1. The van der Waals surface area contributed by atoms with Gasteiger partial charge in [-0.25, -0.2) is 9.78 Å². The molecule has 1 aliphatic heterocycles. The molecule has 1 saturated heterocycles. The van der Waals surface area contributed by atoms with Gasteiger partial charge in [0.25, 0.3) is 0 Å². The number of hydrogen-bond donors (Lipinski definition) is 1. The largest absolute Gasteiger partial charge is 0.493 e. The predicted molar refractivity (Wildman–Crippen MR) is 121 cm³/mol. The number of carbonyl (C=O) groups is 1. The summed E-state index contributed by atoms with van der Waals surface area (Å²) in [6.45, 7) is 4.16. The molecule has 5 rings (SSSR count). The molecule has 1 saturated carbocycles. The third-order valence-electron chi connectivity index (χ3n) is 6.96. The first-order valence-corrected chi connectivity index (χ1v) is 12.6. The van der Waals surface area contributed by atoms with E-state index in [0.29, 0.717) is 18.7 Å². The Hall–Kier alpha value is -1.96. The quantitative estimate of drug-likeness (QED) is 0.644. The van der Waals surface area contributed by atoms with Gasteiger partial charge in [-0.1, -0.05) is 6.07 Å². The van der Waals surface area contributed by atoms with Crippen molar-refractivity contribution < 1.29 is 24.1 Å². The lowest BCUT2D eigenvalue weighted by Gasteiger charge is -2.33. The monoisotopic (exact) mass is 457 g/mol. The molecule has 1 N–H and O–H groups in total. The molecule has 0 amide bonds. The number of aryl methyl sites for hydroxylation is 2. The summed E-state index contributed by atoms with van der Waals surface area (Å²) in [5, 5.41) is 13.3. The molecule has 0 spiro atoms. The molecule has 3 aliphatic rings. The highest BCUT2D eigenvalue weighted by Crippen LogP contribution is 2.46. The summed E-state index contributed by atoms with van der Waals surface area (Å²) >= 11 is 1.44. The van der Waals surface area contributed by atoms with Crippen molar-refractivity contribution in [2.75, 3.05) is 6.61 Å². The Morgan fingerprint density at radius 1 is 1.28 bits per heavy atom. The maximum absolute atomic E-state index is 12.1. The van der Waals surface area contributed by atoms with Gasteiger partial charge < -0.3 is 19.3 Å². The van der Waals surface area contributed by atoms with Crippen LogP contribution in [0.3, 0.4) is 0 Å². The number of carbonyl (C=O) groups excluding carboxylic acids is 1. The topological polar surface area (TPSA) is 77.9 Å². The summed E-state index contributed by atoms with van der Waals surface area (Å²) in [6, 6.07) is 6.40. The molecule has 2 aliphatic carbocycles. The minimum atomic E-state index is -0.425. The Bertz CT molecular complexity index is 973. The molecule has 0 radical (unpaired) electrons. The predicted octanol–water partition coefficient (Wildman–Crippen LogP) is 4.49. The van der Waals surface area contributed by atoms with Gasteiger partial charge in [0.1, 0.15) is 16.9 Å². The number of thiazole rings is 1. The van der Waals surface area contributed by atoms with Gasteiger partial charge in [0.2, 0.25) is 0 Å². The van der Waals surface area contributed by atoms with Gasteiger partial charge in [-0.3, -0.25) is 0 Å². The molecule has 2 aromatic rings. The average Bonchev–Trinajstić information content (AvgIpc) is 3.49. The SMILES string of the molecule is CC(C)OC(=O)c1csc([C@H]2CC[C@@H]3[C@@H](COc4ccc5c(c4)CCC5)[C@@H](O)C[C@@H]3O2)n1. The third kappa shape index (κ3) is 4.43. The van der Waals surface area contributed by atoms with E-state index in [1.165, 1.54) is 35.3 Å². The van der Waals surface area contributed by atoms with Crippen molar-refractivity contribution in [2.24, 2.45) is 11.8 Å². The van der Waals surface area contributed by atoms with Crippen LogP contribution in [0.5, 0.6) is 5.75 Å². The maximum atomic E-state index is 12.1. The number of aromatic nitrogens is 1. The number of ether oxygens (including phenoxy) is 3. The van der Waals surface area contributed by atoms with E-state index in [0.717, 1.165) is 30.0 Å². The molecule has 7 heteroatoms. The fraction of sp³-hybridized carbons (Fsp3) is 0.600. The number of nitrogens with zero attached hydrogens (tertiary/aromatic N) is 1. The normalized spacial score (nSPS) is 29.1. The zero-order chi connectivity index (χ0) is 22.2. The Balaban J connectivity index is 1.19. The van der Waals surface area contributed by atoms with E-state index < -0.39 is 12.1 Å². The maximum Gasteiger partial charge on any atom is 0.358 e. The molecule has 1 aromatic carbocycles. The third-order valence-corrected chi connectivity index (χ3v) is 7.90. The van der Waals surface area contributed by atoms with Crippen LogP contribution in [0.25, 0.3) is 0 Å². The summed E-state index contributed by atoms with van der Waals surface area (Å²) in [4.78, 5) is 16.6. The van der Waals surface area contributed by atoms with Gasteiger partial charge >= 0.3 is 5.97 Å². The van der Waals surface area contributed by atoms with E-state index in [2.05, 4.69) is 23.2 Å². The lowest BCUT2D eigenvalue weighted by molar-refractivity contribution is -0.0812. The van der Waals surface area contributed by atoms with Crippen molar-refractivity contribution in [3.63, 3.8) is 0 Å². The van der Waals surface area contributed by atoms with Crippen LogP contribution in [0.2, 0.25) is 0 Å². The van der Waals surface area contributed by atoms with Gasteiger partial charge in [-0.2, -0.15) is 0 Å². The summed E-state index contributed by atoms with van der Waals surface area (Å²) in [7, 11) is 0. The first-order valence-electron chi connectivity index (χ1n) is 11.7. The van der Waals surface area contributed by atoms with E-state index in [1.807, 2.05) is 13.8 Å². The van der Waals surface area contributed by atoms with E-state index >= 15 is 0 Å². The van der Waals surface area contributed by atoms with E-state index in [1.54, 1.807) is 5.38 Å². The van der Waals surface area contributed by atoms with Gasteiger partial charge in [0.15, 0.2) is 5.69 Å². The number of aliphatic hydroxyl groups excluding tert-OH is 1. The second kappa shape index (κ2) is 9.12. The number of benzene rings is 1. The molecule has 1 aromatic heterocycles. The average molecular weight is 458 g/mol. The van der Waals surface area contributed by atoms with Crippen molar-refractivity contribution in [2.45, 2.75) is 76.8 Å². The zero-order valence-electron chi connectivity index (χ0n) is 18.7. The Morgan fingerprint density at radius 3 is 2.97 bits per heavy atom. The Labute approximate surface area is 192 Å². The van der Waals surface area contributed by atoms with Crippen molar-refractivity contribution in [3.05, 3.63) is 45.4 Å². The van der Waals surface area contributed by atoms with Crippen LogP contribution >= 0.6 is 11.3 Å². The molecule has 32 heavy (non-hydrogen) atoms. The molecule has 5 atom stereocenters. The van der Waals surface area contributed by atoms with Crippen molar-refractivity contribution in [1.29, 1.82) is 0 Å². The van der Waals surface area contributed by atoms with Gasteiger partial charge in [0.05, 0.1) is 24.9 Å². The second-order valence-electron chi connectivity index (χ2n) is 9.49. The zero-order valence-corrected chi connectivity index (χ0v) is 19.5. The number of fused-ring (bicyclic) bond motifs is 2. The molecule has 2 heterocycles. The van der Waals surface area contributed by atoms with Crippen LogP contribution < -0.4 is 4.74 Å². The minimum Gasteiger partial charge on any atom is -0.493 e. The molecule has 0 bridgehead atoms. The molecule has 0 unspecified atom stereocenters. The first-order chi connectivity index (χ1) is 15.5. The number of aliphatic hydroxyl groups is 1. The lowest BCUT2D eigenvalue weighted by atomic mass is 9.87. The minimum absolute atomic E-state index is 0.00710. The molecule has 2 fully saturated rings. The smallest absolute Gasteiger partial charge is 0.358 e. The van der Waals surface area contributed by atoms with Crippen LogP contribution in [0.15, 0.2) is 23.6 Å². The van der Waals surface area contributed by atoms with Gasteiger partial charge in [0, 0.05) is 17.7 Å². The second-order valence-corrected chi connectivity index (χ2v) is 10.4. The summed E-state index contributed by atoms with van der Waals surface area (Å²) in [5.41, 5.74) is 3.18. The van der Waals surface area contributed by atoms with E-state index in [-0.39, 0.29) is 30.1 Å². The van der Waals surface area contributed by atoms with Crippen molar-refractivity contribution in [1.82, 2.24) is 4.98 Å². The van der Waals surface area contributed by atoms with E-state index in [4.69, 9.17) is 14.2 Å². The fourth-order valence-electron chi connectivity index (χ4n) is 5.38. The fourth-order valence-corrected chi connectivity index (χ4v) is 6.24. The highest BCUT2D eigenvalue weighted by atomic mass is 32.1. The van der Waals surface area contributed by atoms with Crippen LogP contribution in [-0.4, -0.2) is 41.0 Å². The Kier molecular flexibility index (Phi) is 6.23. The Morgan fingerprint density at radius 2 is 2.12 bits per heavy atom. The number of hydrogen-bond acceptors (Lipinski definition) is 7. The number of rotatable bonds is 6. The van der Waals surface area contributed by atoms with Crippen LogP contribution in [-0.2, 0) is 22.3 Å². The van der Waals surface area contributed by atoms with Crippen molar-refractivity contribution >= 4 is 17.3 Å². The van der Waals surface area contributed by atoms with Gasteiger partial charge in [-0.05, 0) is 75.1 Å². The summed E-state index contributed by atoms with van der Waals surface area (Å²) in [6.07, 6.45) is 5.18. The highest BCUT2D eigenvalue weighted by Gasteiger charge is 2.47. The van der Waals surface area contributed by atoms with Crippen molar-refractivity contribution in [3.8, 4) is 5.75 Å². The standard InChI is InChI=1S/C25H31NO5S/c1-14(2)30-25(28)20-13-32-24(26-20)22-9-8-18-19(21(27)11-23(18)31-22)12-29-17-7-6-15-4-3-5-16(15)10-17/h6-7,10,13-14,18-19,21-23,27H,3-5,8-9,11-12H2,1-2H3/t18-,19-,21+,22-,23+/m1/s1. The molecule has 6 nitrogen and oxygen atoms in total. The molecular formula is C25H31NO5S. The molecule has 172 valence electrons.